The summed E-state index contributed by atoms with van der Waals surface area (Å²) >= 11 is 3.28. The lowest BCUT2D eigenvalue weighted by Gasteiger charge is -2.03. The van der Waals surface area contributed by atoms with Crippen LogP contribution in [0.25, 0.3) is 0 Å². The summed E-state index contributed by atoms with van der Waals surface area (Å²) in [4.78, 5) is 14.4. The van der Waals surface area contributed by atoms with Crippen LogP contribution in [0.2, 0.25) is 0 Å². The molecular formula is C6H6BrNO. The van der Waals surface area contributed by atoms with Crippen LogP contribution in [0.4, 0.5) is 0 Å². The quantitative estimate of drug-likeness (QED) is 0.527. The molecule has 9 heavy (non-hydrogen) atoms. The lowest BCUT2D eigenvalue weighted by molar-refractivity contribution is -0.114. The van der Waals surface area contributed by atoms with E-state index in [4.69, 9.17) is 0 Å². The average molecular weight is 188 g/mol. The maximum atomic E-state index is 10.7. The Bertz CT molecular complexity index is 195. The summed E-state index contributed by atoms with van der Waals surface area (Å²) in [6, 6.07) is 0. The first-order valence-electron chi connectivity index (χ1n) is 2.61. The molecule has 1 aliphatic rings. The van der Waals surface area contributed by atoms with Gasteiger partial charge in [-0.1, -0.05) is 22.0 Å². The second-order valence-electron chi connectivity index (χ2n) is 1.88. The monoisotopic (exact) mass is 187 g/mol. The lowest BCUT2D eigenvalue weighted by Crippen LogP contribution is -2.08. The number of amides is 1. The van der Waals surface area contributed by atoms with Gasteiger partial charge in [0.1, 0.15) is 0 Å². The van der Waals surface area contributed by atoms with Gasteiger partial charge in [-0.25, -0.2) is 4.99 Å². The van der Waals surface area contributed by atoms with Gasteiger partial charge in [0, 0.05) is 11.8 Å². The van der Waals surface area contributed by atoms with Crippen molar-refractivity contribution in [3.8, 4) is 0 Å². The summed E-state index contributed by atoms with van der Waals surface area (Å²) in [5.41, 5.74) is 0.708. The van der Waals surface area contributed by atoms with E-state index >= 15 is 0 Å². The zero-order chi connectivity index (χ0) is 6.85. The zero-order valence-corrected chi connectivity index (χ0v) is 6.55. The predicted molar refractivity (Wildman–Crippen MR) is 40.0 cm³/mol. The van der Waals surface area contributed by atoms with Crippen LogP contribution in [-0.2, 0) is 4.79 Å². The van der Waals surface area contributed by atoms with Crippen LogP contribution >= 0.6 is 15.9 Å². The number of hydrogen-bond acceptors (Lipinski definition) is 1. The summed E-state index contributed by atoms with van der Waals surface area (Å²) in [5.74, 6) is -0.134. The van der Waals surface area contributed by atoms with E-state index in [1.165, 1.54) is 0 Å². The Morgan fingerprint density at radius 1 is 1.78 bits per heavy atom. The summed E-state index contributed by atoms with van der Waals surface area (Å²) in [6.45, 7) is 1.76. The molecule has 0 saturated heterocycles. The number of halogens is 1. The summed E-state index contributed by atoms with van der Waals surface area (Å²) in [6.07, 6.45) is 3.41. The van der Waals surface area contributed by atoms with E-state index in [0.717, 1.165) is 0 Å². The van der Waals surface area contributed by atoms with Crippen LogP contribution in [0.5, 0.6) is 0 Å². The maximum Gasteiger partial charge on any atom is 0.272 e. The molecule has 2 nitrogen and oxygen atoms in total. The first-order chi connectivity index (χ1) is 4.20. The van der Waals surface area contributed by atoms with Crippen molar-refractivity contribution in [3.63, 3.8) is 0 Å². The van der Waals surface area contributed by atoms with E-state index in [0.29, 0.717) is 5.57 Å². The Hall–Kier alpha value is -0.440. The summed E-state index contributed by atoms with van der Waals surface area (Å²) in [5, 5.41) is 0. The molecule has 1 aliphatic heterocycles. The normalized spacial score (nSPS) is 26.2. The van der Waals surface area contributed by atoms with Gasteiger partial charge in [-0.15, -0.1) is 0 Å². The topological polar surface area (TPSA) is 29.4 Å². The van der Waals surface area contributed by atoms with Gasteiger partial charge in [-0.05, 0) is 6.92 Å². The molecule has 0 aromatic heterocycles. The number of hydrogen-bond donors (Lipinski definition) is 0. The van der Waals surface area contributed by atoms with E-state index in [9.17, 15) is 4.79 Å². The van der Waals surface area contributed by atoms with Crippen LogP contribution in [0.15, 0.2) is 16.6 Å². The van der Waals surface area contributed by atoms with Crippen LogP contribution in [0.1, 0.15) is 6.92 Å². The van der Waals surface area contributed by atoms with Gasteiger partial charge >= 0.3 is 0 Å². The van der Waals surface area contributed by atoms with Crippen molar-refractivity contribution in [2.24, 2.45) is 4.99 Å². The van der Waals surface area contributed by atoms with Gasteiger partial charge in [0.15, 0.2) is 0 Å². The minimum absolute atomic E-state index is 0.134. The van der Waals surface area contributed by atoms with E-state index in [1.807, 2.05) is 6.08 Å². The van der Waals surface area contributed by atoms with Crippen LogP contribution < -0.4 is 0 Å². The number of allylic oxidation sites excluding steroid dienone is 1. The van der Waals surface area contributed by atoms with Crippen molar-refractivity contribution in [3.05, 3.63) is 11.6 Å². The molecule has 0 saturated carbocycles. The zero-order valence-electron chi connectivity index (χ0n) is 4.97. The fraction of sp³-hybridized carbons (Fsp3) is 0.333. The van der Waals surface area contributed by atoms with Gasteiger partial charge < -0.3 is 0 Å². The molecule has 1 atom stereocenters. The average Bonchev–Trinajstić information content (AvgIpc) is 1.80. The highest BCUT2D eigenvalue weighted by Crippen LogP contribution is 2.09. The molecule has 1 heterocycles. The molecule has 0 aromatic rings. The Morgan fingerprint density at radius 3 is 2.89 bits per heavy atom. The fourth-order valence-electron chi connectivity index (χ4n) is 0.594. The number of rotatable bonds is 0. The first kappa shape index (κ1) is 6.68. The van der Waals surface area contributed by atoms with Gasteiger partial charge in [0.2, 0.25) is 0 Å². The van der Waals surface area contributed by atoms with Crippen LogP contribution in [0, 0.1) is 0 Å². The van der Waals surface area contributed by atoms with Crippen molar-refractivity contribution >= 4 is 28.1 Å². The molecule has 0 bridgehead atoms. The summed E-state index contributed by atoms with van der Waals surface area (Å²) in [7, 11) is 0. The third kappa shape index (κ3) is 1.48. The third-order valence-electron chi connectivity index (χ3n) is 1.08. The number of alkyl halides is 1. The molecule has 0 spiro atoms. The number of aliphatic imine (C=N–C) groups is 1. The number of nitrogens with zero attached hydrogens (tertiary/aromatic N) is 1. The lowest BCUT2D eigenvalue weighted by atomic mass is 10.2. The highest BCUT2D eigenvalue weighted by molar-refractivity contribution is 9.10. The first-order valence-corrected chi connectivity index (χ1v) is 3.53. The fourth-order valence-corrected chi connectivity index (χ4v) is 1.11. The largest absolute Gasteiger partial charge is 0.272 e. The molecule has 0 fully saturated rings. The molecule has 0 aromatic carbocycles. The van der Waals surface area contributed by atoms with Crippen LogP contribution in [-0.4, -0.2) is 16.9 Å². The standard InChI is InChI=1S/C6H6BrNO/c1-4-2-5(7)3-8-6(4)9/h2-3,5H,1H3. The van der Waals surface area contributed by atoms with Crippen molar-refractivity contribution in [2.75, 3.05) is 0 Å². The van der Waals surface area contributed by atoms with Gasteiger partial charge in [0.25, 0.3) is 5.91 Å². The van der Waals surface area contributed by atoms with Crippen molar-refractivity contribution in [2.45, 2.75) is 11.8 Å². The SMILES string of the molecule is CC1=CC(Br)C=NC1=O. The second kappa shape index (κ2) is 2.43. The molecule has 0 radical (unpaired) electrons. The van der Waals surface area contributed by atoms with Gasteiger partial charge in [0.05, 0.1) is 4.83 Å². The molecule has 3 heteroatoms. The molecule has 0 aliphatic carbocycles. The number of carbonyl (C=O) groups excluding carboxylic acids is 1. The predicted octanol–water partition coefficient (Wildman–Crippen LogP) is 1.31. The van der Waals surface area contributed by atoms with E-state index in [1.54, 1.807) is 13.1 Å². The van der Waals surface area contributed by atoms with E-state index < -0.39 is 0 Å². The smallest absolute Gasteiger partial charge is 0.267 e. The number of dihydropyridines is 1. The molecule has 0 N–H and O–H groups in total. The van der Waals surface area contributed by atoms with Crippen molar-refractivity contribution in [1.82, 2.24) is 0 Å². The maximum absolute atomic E-state index is 10.7. The molecule has 1 unspecified atom stereocenters. The number of carbonyl (C=O) groups is 1. The van der Waals surface area contributed by atoms with Gasteiger partial charge in [-0.3, -0.25) is 4.79 Å². The molecule has 1 amide bonds. The van der Waals surface area contributed by atoms with E-state index in [-0.39, 0.29) is 10.7 Å². The van der Waals surface area contributed by atoms with Gasteiger partial charge in [-0.2, -0.15) is 0 Å². The second-order valence-corrected chi connectivity index (χ2v) is 2.93. The Balaban J connectivity index is 2.82. The molecule has 48 valence electrons. The minimum atomic E-state index is -0.134. The Morgan fingerprint density at radius 2 is 2.44 bits per heavy atom. The molecular weight excluding hydrogens is 182 g/mol. The van der Waals surface area contributed by atoms with Crippen molar-refractivity contribution < 1.29 is 4.79 Å². The highest BCUT2D eigenvalue weighted by atomic mass is 79.9. The Kier molecular flexibility index (Phi) is 1.81. The minimum Gasteiger partial charge on any atom is -0.267 e. The van der Waals surface area contributed by atoms with Crippen LogP contribution in [0.3, 0.4) is 0 Å². The van der Waals surface area contributed by atoms with E-state index in [2.05, 4.69) is 20.9 Å². The molecule has 1 rings (SSSR count). The third-order valence-corrected chi connectivity index (χ3v) is 1.58. The Labute approximate surface area is 61.8 Å². The summed E-state index contributed by atoms with van der Waals surface area (Å²) < 4.78 is 0. The van der Waals surface area contributed by atoms with Crippen molar-refractivity contribution in [1.29, 1.82) is 0 Å². The highest BCUT2D eigenvalue weighted by Gasteiger charge is 2.08.